The molecule has 4 N–H and O–H groups in total. The smallest absolute Gasteiger partial charge is 0.269 e. The van der Waals surface area contributed by atoms with E-state index in [0.29, 0.717) is 6.42 Å². The topological polar surface area (TPSA) is 101 Å². The number of hydrogen-bond donors (Lipinski definition) is 3. The second-order valence-corrected chi connectivity index (χ2v) is 2.39. The maximum atomic E-state index is 10.9. The number of carbonyl (C=O) groups excluding carboxylic acids is 2. The second-order valence-electron chi connectivity index (χ2n) is 2.39. The molecule has 1 rings (SSSR count). The summed E-state index contributed by atoms with van der Waals surface area (Å²) in [6.45, 7) is 1.70. The van der Waals surface area contributed by atoms with Gasteiger partial charge >= 0.3 is 0 Å². The summed E-state index contributed by atoms with van der Waals surface area (Å²) in [5.41, 5.74) is 5.13. The zero-order valence-electron chi connectivity index (χ0n) is 7.13. The van der Waals surface area contributed by atoms with Crippen molar-refractivity contribution in [1.82, 2.24) is 9.97 Å². The summed E-state index contributed by atoms with van der Waals surface area (Å²) in [5.74, 6) is -0.683. The molecule has 0 aliphatic rings. The summed E-state index contributed by atoms with van der Waals surface area (Å²) in [7, 11) is 0. The number of anilines is 1. The lowest BCUT2D eigenvalue weighted by Crippen LogP contribution is -2.17. The van der Waals surface area contributed by atoms with E-state index in [1.807, 2.05) is 0 Å². The molecule has 0 fully saturated rings. The Kier molecular flexibility index (Phi) is 2.63. The SMILES string of the molecule is CCC(=O)Nc1nc[nH]c1C(N)=O. The monoisotopic (exact) mass is 182 g/mol. The molecule has 0 radical (unpaired) electrons. The van der Waals surface area contributed by atoms with E-state index in [2.05, 4.69) is 15.3 Å². The fourth-order valence-corrected chi connectivity index (χ4v) is 0.797. The lowest BCUT2D eigenvalue weighted by molar-refractivity contribution is -0.115. The van der Waals surface area contributed by atoms with Crippen LogP contribution in [0.5, 0.6) is 0 Å². The fraction of sp³-hybridized carbons (Fsp3) is 0.286. The molecule has 0 aliphatic carbocycles. The highest BCUT2D eigenvalue weighted by Gasteiger charge is 2.12. The van der Waals surface area contributed by atoms with Gasteiger partial charge in [-0.15, -0.1) is 0 Å². The first-order valence-electron chi connectivity index (χ1n) is 3.78. The average Bonchev–Trinajstić information content (AvgIpc) is 2.52. The van der Waals surface area contributed by atoms with Gasteiger partial charge in [0.05, 0.1) is 6.33 Å². The minimum Gasteiger partial charge on any atom is -0.364 e. The minimum atomic E-state index is -0.649. The van der Waals surface area contributed by atoms with Crippen LogP contribution in [-0.4, -0.2) is 21.8 Å². The molecule has 0 saturated heterocycles. The van der Waals surface area contributed by atoms with Gasteiger partial charge in [0.25, 0.3) is 5.91 Å². The molecule has 1 aromatic rings. The van der Waals surface area contributed by atoms with Crippen molar-refractivity contribution in [3.05, 3.63) is 12.0 Å². The first-order valence-corrected chi connectivity index (χ1v) is 3.78. The van der Waals surface area contributed by atoms with E-state index in [4.69, 9.17) is 5.73 Å². The predicted molar refractivity (Wildman–Crippen MR) is 46.0 cm³/mol. The first kappa shape index (κ1) is 9.24. The molecule has 0 saturated carbocycles. The van der Waals surface area contributed by atoms with Crippen LogP contribution in [0.3, 0.4) is 0 Å². The zero-order valence-corrected chi connectivity index (χ0v) is 7.13. The molecule has 0 unspecified atom stereocenters. The van der Waals surface area contributed by atoms with Gasteiger partial charge in [0, 0.05) is 6.42 Å². The van der Waals surface area contributed by atoms with Crippen molar-refractivity contribution in [2.75, 3.05) is 5.32 Å². The van der Waals surface area contributed by atoms with Gasteiger partial charge in [-0.05, 0) is 0 Å². The van der Waals surface area contributed by atoms with E-state index in [0.717, 1.165) is 0 Å². The molecule has 0 bridgehead atoms. The Balaban J connectivity index is 2.82. The van der Waals surface area contributed by atoms with E-state index in [1.165, 1.54) is 6.33 Å². The van der Waals surface area contributed by atoms with Crippen LogP contribution in [0.1, 0.15) is 23.8 Å². The second kappa shape index (κ2) is 3.70. The lowest BCUT2D eigenvalue weighted by Gasteiger charge is -1.99. The number of imidazole rings is 1. The number of primary amides is 1. The van der Waals surface area contributed by atoms with Gasteiger partial charge in [0.1, 0.15) is 5.69 Å². The predicted octanol–water partition coefficient (Wildman–Crippen LogP) is -0.143. The molecule has 0 spiro atoms. The van der Waals surface area contributed by atoms with E-state index in [-0.39, 0.29) is 17.4 Å². The van der Waals surface area contributed by atoms with Gasteiger partial charge in [-0.1, -0.05) is 6.92 Å². The number of aromatic nitrogens is 2. The number of nitrogens with zero attached hydrogens (tertiary/aromatic N) is 1. The minimum absolute atomic E-state index is 0.113. The van der Waals surface area contributed by atoms with Crippen molar-refractivity contribution < 1.29 is 9.59 Å². The number of H-pyrrole nitrogens is 1. The van der Waals surface area contributed by atoms with Crippen molar-refractivity contribution in [3.8, 4) is 0 Å². The number of nitrogens with one attached hydrogen (secondary N) is 2. The van der Waals surface area contributed by atoms with Crippen molar-refractivity contribution >= 4 is 17.6 Å². The van der Waals surface area contributed by atoms with Gasteiger partial charge in [0.2, 0.25) is 5.91 Å². The maximum Gasteiger partial charge on any atom is 0.269 e. The van der Waals surface area contributed by atoms with Crippen molar-refractivity contribution in [2.45, 2.75) is 13.3 Å². The van der Waals surface area contributed by atoms with E-state index >= 15 is 0 Å². The van der Waals surface area contributed by atoms with Crippen LogP contribution in [-0.2, 0) is 4.79 Å². The molecule has 0 aromatic carbocycles. The lowest BCUT2D eigenvalue weighted by atomic mass is 10.4. The number of rotatable bonds is 3. The molecule has 1 heterocycles. The summed E-state index contributed by atoms with van der Waals surface area (Å²) in [4.78, 5) is 28.0. The third-order valence-corrected chi connectivity index (χ3v) is 1.46. The molecule has 0 aliphatic heterocycles. The molecule has 0 atom stereocenters. The summed E-state index contributed by atoms with van der Waals surface area (Å²) in [6, 6.07) is 0. The Bertz CT molecular complexity index is 331. The fourth-order valence-electron chi connectivity index (χ4n) is 0.797. The molecular formula is C7H10N4O2. The van der Waals surface area contributed by atoms with Gasteiger partial charge in [0.15, 0.2) is 5.82 Å². The van der Waals surface area contributed by atoms with Crippen LogP contribution in [0, 0.1) is 0 Å². The Morgan fingerprint density at radius 3 is 2.92 bits per heavy atom. The quantitative estimate of drug-likeness (QED) is 0.606. The average molecular weight is 182 g/mol. The Morgan fingerprint density at radius 2 is 2.38 bits per heavy atom. The molecule has 6 nitrogen and oxygen atoms in total. The van der Waals surface area contributed by atoms with Gasteiger partial charge in [-0.3, -0.25) is 9.59 Å². The third-order valence-electron chi connectivity index (χ3n) is 1.46. The molecule has 6 heteroatoms. The van der Waals surface area contributed by atoms with Crippen LogP contribution in [0.4, 0.5) is 5.82 Å². The number of carbonyl (C=O) groups is 2. The van der Waals surface area contributed by atoms with E-state index in [1.54, 1.807) is 6.92 Å². The summed E-state index contributed by atoms with van der Waals surface area (Å²) in [6.07, 6.45) is 1.62. The summed E-state index contributed by atoms with van der Waals surface area (Å²) < 4.78 is 0. The van der Waals surface area contributed by atoms with Gasteiger partial charge in [-0.2, -0.15) is 0 Å². The normalized spacial score (nSPS) is 9.62. The number of aromatic amines is 1. The standard InChI is InChI=1S/C7H10N4O2/c1-2-4(12)11-7-5(6(8)13)9-3-10-7/h3H,2H2,1H3,(H2,8,13)(H,9,10)(H,11,12). The molecular weight excluding hydrogens is 172 g/mol. The summed E-state index contributed by atoms with van der Waals surface area (Å²) >= 11 is 0. The Morgan fingerprint density at radius 1 is 1.69 bits per heavy atom. The van der Waals surface area contributed by atoms with Gasteiger partial charge < -0.3 is 16.0 Å². The van der Waals surface area contributed by atoms with Crippen molar-refractivity contribution in [3.63, 3.8) is 0 Å². The Hall–Kier alpha value is -1.85. The molecule has 1 aromatic heterocycles. The van der Waals surface area contributed by atoms with Gasteiger partial charge in [-0.25, -0.2) is 4.98 Å². The third kappa shape index (κ3) is 2.05. The number of amides is 2. The van der Waals surface area contributed by atoms with Crippen LogP contribution >= 0.6 is 0 Å². The van der Waals surface area contributed by atoms with E-state index in [9.17, 15) is 9.59 Å². The van der Waals surface area contributed by atoms with Crippen molar-refractivity contribution in [2.24, 2.45) is 5.73 Å². The Labute approximate surface area is 74.5 Å². The summed E-state index contributed by atoms with van der Waals surface area (Å²) in [5, 5.41) is 2.44. The molecule has 2 amide bonds. The number of hydrogen-bond acceptors (Lipinski definition) is 3. The highest BCUT2D eigenvalue weighted by Crippen LogP contribution is 2.08. The molecule has 13 heavy (non-hydrogen) atoms. The maximum absolute atomic E-state index is 10.9. The van der Waals surface area contributed by atoms with Crippen LogP contribution in [0.2, 0.25) is 0 Å². The highest BCUT2D eigenvalue weighted by atomic mass is 16.2. The van der Waals surface area contributed by atoms with Crippen LogP contribution in [0.15, 0.2) is 6.33 Å². The zero-order chi connectivity index (χ0) is 9.84. The van der Waals surface area contributed by atoms with Crippen molar-refractivity contribution in [1.29, 1.82) is 0 Å². The first-order chi connectivity index (χ1) is 6.15. The van der Waals surface area contributed by atoms with E-state index < -0.39 is 5.91 Å². The number of nitrogens with two attached hydrogens (primary N) is 1. The van der Waals surface area contributed by atoms with Crippen LogP contribution in [0.25, 0.3) is 0 Å². The highest BCUT2D eigenvalue weighted by molar-refractivity contribution is 6.00. The van der Waals surface area contributed by atoms with Crippen LogP contribution < -0.4 is 11.1 Å². The molecule has 70 valence electrons. The largest absolute Gasteiger partial charge is 0.364 e.